The first-order valence-corrected chi connectivity index (χ1v) is 13.5. The lowest BCUT2D eigenvalue weighted by Crippen LogP contribution is -2.48. The molecule has 3 aliphatic rings. The molecule has 2 N–H and O–H groups in total. The maximum atomic E-state index is 14.2. The molecule has 0 spiro atoms. The number of nitrogens with zero attached hydrogens (tertiary/aromatic N) is 1. The average Bonchev–Trinajstić information content (AvgIpc) is 3.44. The molecule has 1 aromatic heterocycles. The van der Waals surface area contributed by atoms with Crippen LogP contribution in [-0.2, 0) is 4.79 Å². The first-order chi connectivity index (χ1) is 18.6. The Bertz CT molecular complexity index is 1360. The average molecular weight is 512 g/mol. The van der Waals surface area contributed by atoms with E-state index in [-0.39, 0.29) is 23.8 Å². The molecule has 0 bridgehead atoms. The van der Waals surface area contributed by atoms with Crippen LogP contribution in [0.3, 0.4) is 0 Å². The van der Waals surface area contributed by atoms with E-state index in [4.69, 9.17) is 9.15 Å². The second kappa shape index (κ2) is 10.4. The largest absolute Gasteiger partial charge is 0.496 e. The molecule has 2 amide bonds. The van der Waals surface area contributed by atoms with E-state index in [0.29, 0.717) is 24.2 Å². The highest BCUT2D eigenvalue weighted by molar-refractivity contribution is 6.06. The van der Waals surface area contributed by atoms with Gasteiger partial charge in [-0.3, -0.25) is 9.69 Å². The highest BCUT2D eigenvalue weighted by Crippen LogP contribution is 2.49. The predicted molar refractivity (Wildman–Crippen MR) is 146 cm³/mol. The van der Waals surface area contributed by atoms with E-state index in [2.05, 4.69) is 10.6 Å². The van der Waals surface area contributed by atoms with E-state index in [1.54, 1.807) is 18.3 Å². The topological polar surface area (TPSA) is 83.8 Å². The minimum Gasteiger partial charge on any atom is -0.496 e. The number of anilines is 2. The molecule has 2 atom stereocenters. The van der Waals surface area contributed by atoms with Crippen molar-refractivity contribution < 1.29 is 18.7 Å². The van der Waals surface area contributed by atoms with Crippen molar-refractivity contribution in [3.05, 3.63) is 89.5 Å². The second-order valence-corrected chi connectivity index (χ2v) is 10.4. The third kappa shape index (κ3) is 4.46. The molecule has 1 saturated carbocycles. The Morgan fingerprint density at radius 2 is 1.79 bits per heavy atom. The number of hydrogen-bond acceptors (Lipinski definition) is 5. The van der Waals surface area contributed by atoms with E-state index < -0.39 is 6.04 Å². The Morgan fingerprint density at radius 3 is 2.58 bits per heavy atom. The lowest BCUT2D eigenvalue weighted by molar-refractivity contribution is -0.116. The molecule has 0 saturated heterocycles. The fourth-order valence-electron chi connectivity index (χ4n) is 6.22. The van der Waals surface area contributed by atoms with Crippen LogP contribution in [0.5, 0.6) is 5.75 Å². The van der Waals surface area contributed by atoms with Crippen molar-refractivity contribution in [2.24, 2.45) is 0 Å². The molecule has 7 nitrogen and oxygen atoms in total. The van der Waals surface area contributed by atoms with Crippen LogP contribution in [0.15, 0.2) is 82.6 Å². The summed E-state index contributed by atoms with van der Waals surface area (Å²) in [4.78, 5) is 30.0. The SMILES string of the molecule is COc1ccccc1C1C2=C(CC(c3ccco3)CC2=O)Nc2ccccc2N1C(=O)NC1CCCCC1. The number of ketones is 1. The highest BCUT2D eigenvalue weighted by atomic mass is 16.5. The van der Waals surface area contributed by atoms with Crippen molar-refractivity contribution in [1.82, 2.24) is 5.32 Å². The zero-order valence-electron chi connectivity index (χ0n) is 21.6. The first-order valence-electron chi connectivity index (χ1n) is 13.5. The third-order valence-electron chi connectivity index (χ3n) is 8.02. The van der Waals surface area contributed by atoms with Crippen molar-refractivity contribution in [2.75, 3.05) is 17.3 Å². The van der Waals surface area contributed by atoms with Crippen LogP contribution in [0, 0.1) is 0 Å². The molecule has 38 heavy (non-hydrogen) atoms. The Labute approximate surface area is 222 Å². The van der Waals surface area contributed by atoms with Crippen LogP contribution in [0.25, 0.3) is 0 Å². The number of rotatable bonds is 4. The van der Waals surface area contributed by atoms with Gasteiger partial charge in [-0.25, -0.2) is 4.79 Å². The number of allylic oxidation sites excluding steroid dienone is 1. The van der Waals surface area contributed by atoms with Gasteiger partial charge in [-0.1, -0.05) is 49.6 Å². The van der Waals surface area contributed by atoms with Gasteiger partial charge >= 0.3 is 6.03 Å². The number of benzene rings is 2. The number of para-hydroxylation sites is 3. The predicted octanol–water partition coefficient (Wildman–Crippen LogP) is 6.70. The van der Waals surface area contributed by atoms with E-state index in [1.807, 2.05) is 60.7 Å². The van der Waals surface area contributed by atoms with E-state index >= 15 is 0 Å². The summed E-state index contributed by atoms with van der Waals surface area (Å²) < 4.78 is 11.5. The Hall–Kier alpha value is -4.00. The maximum Gasteiger partial charge on any atom is 0.323 e. The van der Waals surface area contributed by atoms with Gasteiger partial charge in [0.25, 0.3) is 0 Å². The van der Waals surface area contributed by atoms with Crippen molar-refractivity contribution in [2.45, 2.75) is 62.9 Å². The lowest BCUT2D eigenvalue weighted by Gasteiger charge is -2.36. The van der Waals surface area contributed by atoms with Crippen LogP contribution in [0.1, 0.15) is 68.2 Å². The van der Waals surface area contributed by atoms with E-state index in [9.17, 15) is 9.59 Å². The van der Waals surface area contributed by atoms with Crippen LogP contribution in [-0.4, -0.2) is 25.0 Å². The molecule has 2 aromatic carbocycles. The zero-order valence-corrected chi connectivity index (χ0v) is 21.6. The highest BCUT2D eigenvalue weighted by Gasteiger charge is 2.43. The number of ether oxygens (including phenoxy) is 1. The van der Waals surface area contributed by atoms with Crippen molar-refractivity contribution in [3.63, 3.8) is 0 Å². The van der Waals surface area contributed by atoms with Crippen molar-refractivity contribution in [3.8, 4) is 5.75 Å². The molecular formula is C31H33N3O4. The second-order valence-electron chi connectivity index (χ2n) is 10.4. The minimum atomic E-state index is -0.647. The molecule has 1 fully saturated rings. The number of amides is 2. The molecule has 196 valence electrons. The fraction of sp³-hybridized carbons (Fsp3) is 0.355. The number of carbonyl (C=O) groups is 2. The summed E-state index contributed by atoms with van der Waals surface area (Å²) in [5, 5.41) is 6.87. The molecule has 6 rings (SSSR count). The van der Waals surface area contributed by atoms with Gasteiger partial charge in [0.05, 0.1) is 30.8 Å². The number of Topliss-reactive ketones (excluding diaryl/α,β-unsaturated/α-hetero) is 1. The van der Waals surface area contributed by atoms with Crippen molar-refractivity contribution in [1.29, 1.82) is 0 Å². The standard InChI is InChI=1S/C31H33N3O4/c1-37-28-15-8-5-12-22(28)30-29-24(18-20(19-26(29)35)27-16-9-17-38-27)33-23-13-6-7-14-25(23)34(30)31(36)32-21-10-3-2-4-11-21/h5-9,12-17,20-21,30,33H,2-4,10-11,18-19H2,1H3,(H,32,36). The van der Waals surface area contributed by atoms with Gasteiger partial charge in [-0.2, -0.15) is 0 Å². The Morgan fingerprint density at radius 1 is 1.00 bits per heavy atom. The summed E-state index contributed by atoms with van der Waals surface area (Å²) in [5.41, 5.74) is 3.73. The quantitative estimate of drug-likeness (QED) is 0.407. The van der Waals surface area contributed by atoms with E-state index in [0.717, 1.165) is 54.1 Å². The molecule has 2 unspecified atom stereocenters. The number of furan rings is 1. The van der Waals surface area contributed by atoms with Gasteiger partial charge in [0.1, 0.15) is 11.5 Å². The van der Waals surface area contributed by atoms with Gasteiger partial charge in [0.15, 0.2) is 5.78 Å². The summed E-state index contributed by atoms with van der Waals surface area (Å²) in [7, 11) is 1.62. The Balaban J connectivity index is 1.52. The molecule has 2 heterocycles. The number of carbonyl (C=O) groups excluding carboxylic acids is 2. The molecule has 0 radical (unpaired) electrons. The van der Waals surface area contributed by atoms with Gasteiger partial charge in [-0.05, 0) is 49.6 Å². The Kier molecular flexibility index (Phi) is 6.66. The van der Waals surface area contributed by atoms with Gasteiger partial charge in [0, 0.05) is 35.2 Å². The lowest BCUT2D eigenvalue weighted by atomic mass is 9.80. The maximum absolute atomic E-state index is 14.2. The third-order valence-corrected chi connectivity index (χ3v) is 8.02. The number of nitrogens with one attached hydrogen (secondary N) is 2. The molecular weight excluding hydrogens is 478 g/mol. The van der Waals surface area contributed by atoms with Crippen LogP contribution in [0.2, 0.25) is 0 Å². The van der Waals surface area contributed by atoms with Crippen LogP contribution >= 0.6 is 0 Å². The van der Waals surface area contributed by atoms with Crippen LogP contribution < -0.4 is 20.3 Å². The van der Waals surface area contributed by atoms with E-state index in [1.165, 1.54) is 6.42 Å². The summed E-state index contributed by atoms with van der Waals surface area (Å²) in [6.07, 6.45) is 7.93. The summed E-state index contributed by atoms with van der Waals surface area (Å²) in [6.45, 7) is 0. The molecule has 2 aliphatic carbocycles. The van der Waals surface area contributed by atoms with Gasteiger partial charge in [0.2, 0.25) is 0 Å². The van der Waals surface area contributed by atoms with Crippen LogP contribution in [0.4, 0.5) is 16.2 Å². The number of methoxy groups -OCH3 is 1. The number of urea groups is 1. The minimum absolute atomic E-state index is 0.000622. The fourth-order valence-corrected chi connectivity index (χ4v) is 6.22. The summed E-state index contributed by atoms with van der Waals surface area (Å²) in [6, 6.07) is 18.5. The summed E-state index contributed by atoms with van der Waals surface area (Å²) in [5.74, 6) is 1.36. The first kappa shape index (κ1) is 24.3. The molecule has 7 heteroatoms. The number of fused-ring (bicyclic) bond motifs is 1. The normalized spacial score (nSPS) is 21.7. The number of hydrogen-bond donors (Lipinski definition) is 2. The van der Waals surface area contributed by atoms with Gasteiger partial charge < -0.3 is 19.8 Å². The zero-order chi connectivity index (χ0) is 26.1. The summed E-state index contributed by atoms with van der Waals surface area (Å²) >= 11 is 0. The van der Waals surface area contributed by atoms with Crippen molar-refractivity contribution >= 4 is 23.2 Å². The van der Waals surface area contributed by atoms with Gasteiger partial charge in [-0.15, -0.1) is 0 Å². The monoisotopic (exact) mass is 511 g/mol. The smallest absolute Gasteiger partial charge is 0.323 e. The molecule has 1 aliphatic heterocycles. The molecule has 3 aromatic rings.